The Morgan fingerprint density at radius 1 is 0.966 bits per heavy atom. The average Bonchev–Trinajstić information content (AvgIpc) is 2.82. The second-order valence-electron chi connectivity index (χ2n) is 7.16. The van der Waals surface area contributed by atoms with Gasteiger partial charge in [-0.2, -0.15) is 9.40 Å². The Morgan fingerprint density at radius 2 is 1.55 bits per heavy atom. The summed E-state index contributed by atoms with van der Waals surface area (Å²) < 4.78 is 69.1. The second-order valence-corrected chi connectivity index (χ2v) is 11.0. The van der Waals surface area contributed by atoms with Crippen LogP contribution >= 0.6 is 0 Å². The van der Waals surface area contributed by atoms with Gasteiger partial charge >= 0.3 is 0 Å². The zero-order valence-electron chi connectivity index (χ0n) is 16.7. The molecule has 29 heavy (non-hydrogen) atoms. The Kier molecular flexibility index (Phi) is 6.13. The maximum Gasteiger partial charge on any atom is 0.246 e. The Morgan fingerprint density at radius 3 is 2.14 bits per heavy atom. The van der Waals surface area contributed by atoms with E-state index in [-0.39, 0.29) is 36.8 Å². The smallest absolute Gasteiger partial charge is 0.246 e. The molecule has 0 bridgehead atoms. The van der Waals surface area contributed by atoms with Gasteiger partial charge in [0.2, 0.25) is 20.0 Å². The van der Waals surface area contributed by atoms with E-state index in [1.54, 1.807) is 20.9 Å². The lowest BCUT2D eigenvalue weighted by Gasteiger charge is -2.22. The van der Waals surface area contributed by atoms with Gasteiger partial charge in [0.15, 0.2) is 0 Å². The second kappa shape index (κ2) is 8.13. The van der Waals surface area contributed by atoms with Crippen LogP contribution < -0.4 is 0 Å². The van der Waals surface area contributed by atoms with Gasteiger partial charge in [0.25, 0.3) is 0 Å². The van der Waals surface area contributed by atoms with E-state index in [1.165, 1.54) is 37.6 Å². The molecular weight excluding hydrogens is 419 g/mol. The Bertz CT molecular complexity index is 1100. The first-order valence-electron chi connectivity index (χ1n) is 9.25. The zero-order chi connectivity index (χ0) is 21.4. The number of nitrogens with zero attached hydrogens (tertiary/aromatic N) is 4. The summed E-state index contributed by atoms with van der Waals surface area (Å²) in [4.78, 5) is 0.183. The number of halogens is 1. The summed E-state index contributed by atoms with van der Waals surface area (Å²) in [5.74, 6) is -0.677. The predicted molar refractivity (Wildman–Crippen MR) is 107 cm³/mol. The third-order valence-electron chi connectivity index (χ3n) is 5.11. The lowest BCUT2D eigenvalue weighted by atomic mass is 10.2. The molecule has 0 spiro atoms. The summed E-state index contributed by atoms with van der Waals surface area (Å²) in [6, 6.07) is 5.32. The third kappa shape index (κ3) is 4.52. The molecule has 2 heterocycles. The third-order valence-corrected chi connectivity index (χ3v) is 9.11. The maximum atomic E-state index is 13.1. The first kappa shape index (κ1) is 21.9. The standard InChI is InChI=1S/C18H25FN4O4S2/c1-14-18(15(2)21(3)20-14)29(26,27)23-10-4-9-22(11-12-23)28(24,25)13-16-5-7-17(19)8-6-16/h5-8H,4,9-13H2,1-3H3. The minimum Gasteiger partial charge on any atom is -0.271 e. The van der Waals surface area contributed by atoms with E-state index in [1.807, 2.05) is 0 Å². The molecule has 1 fully saturated rings. The van der Waals surface area contributed by atoms with Crippen molar-refractivity contribution in [2.45, 2.75) is 30.9 Å². The fourth-order valence-electron chi connectivity index (χ4n) is 3.53. The van der Waals surface area contributed by atoms with Gasteiger partial charge in [0.05, 0.1) is 17.1 Å². The molecule has 1 aliphatic rings. The molecule has 0 atom stereocenters. The van der Waals surface area contributed by atoms with Gasteiger partial charge in [-0.3, -0.25) is 4.68 Å². The highest BCUT2D eigenvalue weighted by Crippen LogP contribution is 2.24. The molecule has 0 amide bonds. The van der Waals surface area contributed by atoms with Gasteiger partial charge in [0, 0.05) is 33.2 Å². The summed E-state index contributed by atoms with van der Waals surface area (Å²) in [5.41, 5.74) is 1.46. The van der Waals surface area contributed by atoms with Crippen molar-refractivity contribution in [3.8, 4) is 0 Å². The topological polar surface area (TPSA) is 92.6 Å². The van der Waals surface area contributed by atoms with Crippen molar-refractivity contribution >= 4 is 20.0 Å². The summed E-state index contributed by atoms with van der Waals surface area (Å²) >= 11 is 0. The Labute approximate surface area is 171 Å². The normalized spacial score (nSPS) is 17.4. The van der Waals surface area contributed by atoms with Gasteiger partial charge in [0.1, 0.15) is 10.7 Å². The van der Waals surface area contributed by atoms with E-state index in [0.29, 0.717) is 23.4 Å². The van der Waals surface area contributed by atoms with Gasteiger partial charge in [-0.25, -0.2) is 25.5 Å². The Balaban J connectivity index is 1.77. The van der Waals surface area contributed by atoms with Gasteiger partial charge in [-0.15, -0.1) is 0 Å². The minimum absolute atomic E-state index is 0.0682. The first-order valence-corrected chi connectivity index (χ1v) is 12.3. The summed E-state index contributed by atoms with van der Waals surface area (Å²) in [7, 11) is -5.73. The van der Waals surface area contributed by atoms with Crippen molar-refractivity contribution in [2.24, 2.45) is 7.05 Å². The van der Waals surface area contributed by atoms with Crippen LogP contribution in [0.4, 0.5) is 4.39 Å². The van der Waals surface area contributed by atoms with Gasteiger partial charge in [-0.1, -0.05) is 12.1 Å². The van der Waals surface area contributed by atoms with Crippen LogP contribution in [-0.2, 0) is 32.8 Å². The predicted octanol–water partition coefficient (Wildman–Crippen LogP) is 1.40. The molecule has 2 aromatic rings. The average molecular weight is 445 g/mol. The molecule has 1 saturated heterocycles. The summed E-state index contributed by atoms with van der Waals surface area (Å²) in [6.07, 6.45) is 0.389. The van der Waals surface area contributed by atoms with Crippen LogP contribution in [0.3, 0.4) is 0 Å². The number of aryl methyl sites for hydroxylation is 2. The quantitative estimate of drug-likeness (QED) is 0.695. The van der Waals surface area contributed by atoms with Gasteiger partial charge in [-0.05, 0) is 38.0 Å². The minimum atomic E-state index is -3.77. The fourth-order valence-corrected chi connectivity index (χ4v) is 6.96. The molecule has 8 nitrogen and oxygen atoms in total. The monoisotopic (exact) mass is 444 g/mol. The molecule has 1 aliphatic heterocycles. The molecule has 160 valence electrons. The van der Waals surface area contributed by atoms with E-state index in [0.717, 1.165) is 0 Å². The lowest BCUT2D eigenvalue weighted by molar-refractivity contribution is 0.404. The molecule has 1 aromatic heterocycles. The van der Waals surface area contributed by atoms with Gasteiger partial charge < -0.3 is 0 Å². The SMILES string of the molecule is Cc1nn(C)c(C)c1S(=O)(=O)N1CCCN(S(=O)(=O)Cc2ccc(F)cc2)CC1. The molecule has 1 aromatic carbocycles. The highest BCUT2D eigenvalue weighted by Gasteiger charge is 2.34. The van der Waals surface area contributed by atoms with E-state index < -0.39 is 25.9 Å². The molecule has 0 saturated carbocycles. The number of benzene rings is 1. The van der Waals surface area contributed by atoms with Crippen LogP contribution in [0.1, 0.15) is 23.4 Å². The summed E-state index contributed by atoms with van der Waals surface area (Å²) in [6.45, 7) is 3.96. The number of aromatic nitrogens is 2. The van der Waals surface area contributed by atoms with E-state index in [2.05, 4.69) is 5.10 Å². The number of hydrogen-bond donors (Lipinski definition) is 0. The van der Waals surface area contributed by atoms with Crippen molar-refractivity contribution in [1.82, 2.24) is 18.4 Å². The molecule has 0 radical (unpaired) electrons. The van der Waals surface area contributed by atoms with Crippen LogP contribution in [-0.4, -0.2) is 61.4 Å². The maximum absolute atomic E-state index is 13.1. The van der Waals surface area contributed by atoms with Crippen LogP contribution in [0.5, 0.6) is 0 Å². The van der Waals surface area contributed by atoms with Crippen molar-refractivity contribution in [1.29, 1.82) is 0 Å². The highest BCUT2D eigenvalue weighted by molar-refractivity contribution is 7.89. The van der Waals surface area contributed by atoms with Crippen LogP contribution in [0.2, 0.25) is 0 Å². The van der Waals surface area contributed by atoms with Crippen molar-refractivity contribution in [3.05, 3.63) is 47.0 Å². The molecule has 0 unspecified atom stereocenters. The van der Waals surface area contributed by atoms with E-state index >= 15 is 0 Å². The fraction of sp³-hybridized carbons (Fsp3) is 0.500. The molecule has 11 heteroatoms. The molecule has 3 rings (SSSR count). The number of hydrogen-bond acceptors (Lipinski definition) is 5. The molecule has 0 aliphatic carbocycles. The molecule has 0 N–H and O–H groups in total. The highest BCUT2D eigenvalue weighted by atomic mass is 32.2. The van der Waals surface area contributed by atoms with Crippen LogP contribution in [0.25, 0.3) is 0 Å². The zero-order valence-corrected chi connectivity index (χ0v) is 18.3. The Hall–Kier alpha value is -1.82. The summed E-state index contributed by atoms with van der Waals surface area (Å²) in [5, 5.41) is 4.18. The van der Waals surface area contributed by atoms with Crippen molar-refractivity contribution in [3.63, 3.8) is 0 Å². The van der Waals surface area contributed by atoms with E-state index in [4.69, 9.17) is 0 Å². The van der Waals surface area contributed by atoms with Crippen molar-refractivity contribution < 1.29 is 21.2 Å². The molecular formula is C18H25FN4O4S2. The van der Waals surface area contributed by atoms with Crippen molar-refractivity contribution in [2.75, 3.05) is 26.2 Å². The van der Waals surface area contributed by atoms with Crippen LogP contribution in [0, 0.1) is 19.7 Å². The van der Waals surface area contributed by atoms with Crippen LogP contribution in [0.15, 0.2) is 29.2 Å². The first-order chi connectivity index (χ1) is 13.5. The lowest BCUT2D eigenvalue weighted by Crippen LogP contribution is -2.38. The number of sulfonamides is 2. The number of rotatable bonds is 5. The largest absolute Gasteiger partial charge is 0.271 e. The van der Waals surface area contributed by atoms with E-state index in [9.17, 15) is 21.2 Å².